The molecule has 60 valence electrons. The predicted molar refractivity (Wildman–Crippen MR) is 39.8 cm³/mol. The Morgan fingerprint density at radius 3 is 2.20 bits per heavy atom. The van der Waals surface area contributed by atoms with Crippen molar-refractivity contribution in [1.82, 2.24) is 0 Å². The predicted octanol–water partition coefficient (Wildman–Crippen LogP) is 0.979. The number of carboxylic acids is 1. The van der Waals surface area contributed by atoms with Crippen molar-refractivity contribution in [1.29, 1.82) is 0 Å². The van der Waals surface area contributed by atoms with E-state index >= 15 is 0 Å². The van der Waals surface area contributed by atoms with Gasteiger partial charge in [0, 0.05) is 0 Å². The Bertz CT molecular complexity index is 125. The highest BCUT2D eigenvalue weighted by atomic mass is 16.4. The molecule has 0 aromatic heterocycles. The van der Waals surface area contributed by atoms with Gasteiger partial charge in [-0.05, 0) is 12.8 Å². The summed E-state index contributed by atoms with van der Waals surface area (Å²) in [4.78, 5) is 10.5. The molecule has 10 heavy (non-hydrogen) atoms. The Balaban J connectivity index is 4.08. The highest BCUT2D eigenvalue weighted by Crippen LogP contribution is 2.13. The fraction of sp³-hybridized carbons (Fsp3) is 0.857. The van der Waals surface area contributed by atoms with E-state index in [1.807, 2.05) is 6.92 Å². The molecular weight excluding hydrogens is 130 g/mol. The number of hydrogen-bond donors (Lipinski definition) is 2. The molecule has 0 radical (unpaired) electrons. The molecule has 3 N–H and O–H groups in total. The molecule has 0 aliphatic heterocycles. The first-order valence-corrected chi connectivity index (χ1v) is 3.59. The molecule has 0 rings (SSSR count). The molecule has 0 saturated carbocycles. The van der Waals surface area contributed by atoms with Gasteiger partial charge in [-0.25, -0.2) is 0 Å². The molecule has 0 unspecified atom stereocenters. The fourth-order valence-electron chi connectivity index (χ4n) is 0.881. The van der Waals surface area contributed by atoms with Gasteiger partial charge in [0.1, 0.15) is 5.54 Å². The van der Waals surface area contributed by atoms with Gasteiger partial charge in [0.15, 0.2) is 0 Å². The van der Waals surface area contributed by atoms with Crippen molar-refractivity contribution in [3.05, 3.63) is 0 Å². The number of nitrogens with two attached hydrogens (primary N) is 1. The number of hydrogen-bond acceptors (Lipinski definition) is 2. The van der Waals surface area contributed by atoms with E-state index in [-0.39, 0.29) is 0 Å². The molecule has 0 aliphatic rings. The van der Waals surface area contributed by atoms with Gasteiger partial charge >= 0.3 is 5.97 Å². The minimum absolute atomic E-state index is 0.496. The molecule has 0 spiro atoms. The van der Waals surface area contributed by atoms with Gasteiger partial charge in [-0.15, -0.1) is 0 Å². The van der Waals surface area contributed by atoms with Crippen molar-refractivity contribution < 1.29 is 9.90 Å². The summed E-state index contributed by atoms with van der Waals surface area (Å²) in [5, 5.41) is 8.64. The van der Waals surface area contributed by atoms with Crippen LogP contribution in [0, 0.1) is 0 Å². The number of carbonyl (C=O) groups is 1. The van der Waals surface area contributed by atoms with Crippen LogP contribution in [0.15, 0.2) is 0 Å². The summed E-state index contributed by atoms with van der Waals surface area (Å²) in [5.74, 6) is -0.892. The Labute approximate surface area is 61.2 Å². The molecule has 3 heteroatoms. The van der Waals surface area contributed by atoms with E-state index in [9.17, 15) is 4.79 Å². The normalized spacial score (nSPS) is 16.3. The summed E-state index contributed by atoms with van der Waals surface area (Å²) in [6, 6.07) is 0. The highest BCUT2D eigenvalue weighted by molar-refractivity contribution is 5.78. The van der Waals surface area contributed by atoms with Crippen molar-refractivity contribution in [3.63, 3.8) is 0 Å². The monoisotopic (exact) mass is 145 g/mol. The summed E-state index contributed by atoms with van der Waals surface area (Å²) in [5.41, 5.74) is 4.56. The van der Waals surface area contributed by atoms with E-state index < -0.39 is 11.5 Å². The molecule has 0 aliphatic carbocycles. The van der Waals surface area contributed by atoms with Crippen molar-refractivity contribution in [2.45, 2.75) is 38.6 Å². The molecule has 0 bridgehead atoms. The smallest absolute Gasteiger partial charge is 0.323 e. The Kier molecular flexibility index (Phi) is 3.36. The van der Waals surface area contributed by atoms with E-state index in [4.69, 9.17) is 10.8 Å². The average Bonchev–Trinajstić information content (AvgIpc) is 1.88. The molecule has 0 heterocycles. The van der Waals surface area contributed by atoms with E-state index in [1.165, 1.54) is 0 Å². The van der Waals surface area contributed by atoms with Crippen molar-refractivity contribution in [2.75, 3.05) is 0 Å². The quantitative estimate of drug-likeness (QED) is 0.619. The minimum Gasteiger partial charge on any atom is -0.480 e. The standard InChI is InChI=1S/C7H15NO2/c1-3-5-7(8,4-2)6(9)10/h3-5,8H2,1-2H3,(H,9,10)/t7-/m0/s1. The molecular formula is C7H15NO2. The van der Waals surface area contributed by atoms with Crippen molar-refractivity contribution >= 4 is 5.97 Å². The molecule has 0 aromatic carbocycles. The van der Waals surface area contributed by atoms with Crippen LogP contribution in [-0.2, 0) is 4.79 Å². The molecule has 0 amide bonds. The number of aliphatic carboxylic acids is 1. The Hall–Kier alpha value is -0.570. The van der Waals surface area contributed by atoms with E-state index in [0.29, 0.717) is 12.8 Å². The third kappa shape index (κ3) is 1.99. The SMILES string of the molecule is CCC[C@@](N)(CC)C(=O)O. The van der Waals surface area contributed by atoms with Gasteiger partial charge in [0.05, 0.1) is 0 Å². The summed E-state index contributed by atoms with van der Waals surface area (Å²) in [6.45, 7) is 3.73. The first kappa shape index (κ1) is 9.43. The summed E-state index contributed by atoms with van der Waals surface area (Å²) in [6.07, 6.45) is 1.87. The molecule has 3 nitrogen and oxygen atoms in total. The zero-order valence-electron chi connectivity index (χ0n) is 6.55. The van der Waals surface area contributed by atoms with Crippen LogP contribution in [0.25, 0.3) is 0 Å². The zero-order chi connectivity index (χ0) is 8.20. The lowest BCUT2D eigenvalue weighted by atomic mass is 9.92. The largest absolute Gasteiger partial charge is 0.480 e. The minimum atomic E-state index is -0.991. The molecule has 0 fully saturated rings. The lowest BCUT2D eigenvalue weighted by Crippen LogP contribution is -2.47. The summed E-state index contributed by atoms with van der Waals surface area (Å²) < 4.78 is 0. The van der Waals surface area contributed by atoms with Crippen LogP contribution in [0.4, 0.5) is 0 Å². The topological polar surface area (TPSA) is 63.3 Å². The second-order valence-corrected chi connectivity index (χ2v) is 2.56. The third-order valence-electron chi connectivity index (χ3n) is 1.75. The van der Waals surface area contributed by atoms with Crippen LogP contribution >= 0.6 is 0 Å². The zero-order valence-corrected chi connectivity index (χ0v) is 6.55. The summed E-state index contributed by atoms with van der Waals surface area (Å²) >= 11 is 0. The highest BCUT2D eigenvalue weighted by Gasteiger charge is 2.30. The maximum atomic E-state index is 10.5. The first-order chi connectivity index (χ1) is 4.56. The Morgan fingerprint density at radius 2 is 2.10 bits per heavy atom. The molecule has 0 aromatic rings. The van der Waals surface area contributed by atoms with Gasteiger partial charge in [-0.2, -0.15) is 0 Å². The van der Waals surface area contributed by atoms with E-state index in [1.54, 1.807) is 6.92 Å². The van der Waals surface area contributed by atoms with E-state index in [0.717, 1.165) is 6.42 Å². The third-order valence-corrected chi connectivity index (χ3v) is 1.75. The number of carboxylic acid groups (broad SMARTS) is 1. The van der Waals surface area contributed by atoms with Gasteiger partial charge < -0.3 is 10.8 Å². The van der Waals surface area contributed by atoms with Gasteiger partial charge in [-0.1, -0.05) is 20.3 Å². The lowest BCUT2D eigenvalue weighted by Gasteiger charge is -2.21. The van der Waals surface area contributed by atoms with Crippen LogP contribution in [0.3, 0.4) is 0 Å². The number of rotatable bonds is 4. The second kappa shape index (κ2) is 3.56. The fourth-order valence-corrected chi connectivity index (χ4v) is 0.881. The van der Waals surface area contributed by atoms with Gasteiger partial charge in [0.2, 0.25) is 0 Å². The first-order valence-electron chi connectivity index (χ1n) is 3.59. The van der Waals surface area contributed by atoms with Gasteiger partial charge in [-0.3, -0.25) is 4.79 Å². The van der Waals surface area contributed by atoms with Crippen molar-refractivity contribution in [2.24, 2.45) is 5.73 Å². The maximum absolute atomic E-state index is 10.5. The van der Waals surface area contributed by atoms with Crippen LogP contribution in [0.1, 0.15) is 33.1 Å². The van der Waals surface area contributed by atoms with Gasteiger partial charge in [0.25, 0.3) is 0 Å². The summed E-state index contributed by atoms with van der Waals surface area (Å²) in [7, 11) is 0. The Morgan fingerprint density at radius 1 is 1.60 bits per heavy atom. The molecule has 0 saturated heterocycles. The maximum Gasteiger partial charge on any atom is 0.323 e. The van der Waals surface area contributed by atoms with Crippen LogP contribution in [-0.4, -0.2) is 16.6 Å². The van der Waals surface area contributed by atoms with Crippen LogP contribution in [0.2, 0.25) is 0 Å². The average molecular weight is 145 g/mol. The van der Waals surface area contributed by atoms with E-state index in [2.05, 4.69) is 0 Å². The lowest BCUT2D eigenvalue weighted by molar-refractivity contribution is -0.143. The second-order valence-electron chi connectivity index (χ2n) is 2.56. The van der Waals surface area contributed by atoms with Crippen molar-refractivity contribution in [3.8, 4) is 0 Å². The molecule has 1 atom stereocenters. The van der Waals surface area contributed by atoms with Crippen LogP contribution in [0.5, 0.6) is 0 Å². The van der Waals surface area contributed by atoms with Crippen LogP contribution < -0.4 is 5.73 Å².